The molecule has 0 unspecified atom stereocenters. The van der Waals surface area contributed by atoms with Crippen LogP contribution in [0.15, 0.2) is 42.7 Å². The van der Waals surface area contributed by atoms with Crippen LogP contribution in [0.4, 0.5) is 13.2 Å². The Morgan fingerprint density at radius 3 is 2.23 bits per heavy atom. The number of hydrogen-bond acceptors (Lipinski definition) is 5. The molecule has 0 fully saturated rings. The van der Waals surface area contributed by atoms with Gasteiger partial charge in [0.05, 0.1) is 20.8 Å². The highest BCUT2D eigenvalue weighted by Gasteiger charge is 2.30. The Morgan fingerprint density at radius 1 is 0.933 bits per heavy atom. The van der Waals surface area contributed by atoms with Crippen LogP contribution in [-0.4, -0.2) is 38.6 Å². The van der Waals surface area contributed by atoms with Crippen molar-refractivity contribution in [3.63, 3.8) is 0 Å². The van der Waals surface area contributed by atoms with Crippen molar-refractivity contribution in [1.82, 2.24) is 4.98 Å². The van der Waals surface area contributed by atoms with Gasteiger partial charge in [-0.1, -0.05) is 6.07 Å². The van der Waals surface area contributed by atoms with E-state index in [1.165, 1.54) is 14.2 Å². The lowest BCUT2D eigenvalue weighted by atomic mass is 10.00. The minimum atomic E-state index is -4.47. The van der Waals surface area contributed by atoms with Gasteiger partial charge in [0.25, 0.3) is 0 Å². The molecule has 0 bridgehead atoms. The summed E-state index contributed by atoms with van der Waals surface area (Å²) >= 11 is 0. The number of benzene rings is 2. The van der Waals surface area contributed by atoms with Crippen LogP contribution in [0.2, 0.25) is 0 Å². The number of aromatic nitrogens is 1. The first-order valence-electron chi connectivity index (χ1n) is 9.28. The Hall–Kier alpha value is -3.16. The van der Waals surface area contributed by atoms with Crippen molar-refractivity contribution in [3.8, 4) is 23.0 Å². The zero-order chi connectivity index (χ0) is 21.7. The van der Waals surface area contributed by atoms with E-state index in [-0.39, 0.29) is 17.2 Å². The average Bonchev–Trinajstić information content (AvgIpc) is 2.71. The predicted molar refractivity (Wildman–Crippen MR) is 107 cm³/mol. The van der Waals surface area contributed by atoms with Gasteiger partial charge < -0.3 is 18.9 Å². The summed E-state index contributed by atoms with van der Waals surface area (Å²) in [5, 5.41) is 1.94. The predicted octanol–water partition coefficient (Wildman–Crippen LogP) is 5.18. The minimum absolute atomic E-state index is 0.0847. The van der Waals surface area contributed by atoms with E-state index in [9.17, 15) is 13.2 Å². The number of methoxy groups -OCH3 is 2. The van der Waals surface area contributed by atoms with Crippen molar-refractivity contribution in [2.75, 3.05) is 27.4 Å². The second kappa shape index (κ2) is 9.11. The quantitative estimate of drug-likeness (QED) is 0.502. The molecule has 0 aliphatic carbocycles. The van der Waals surface area contributed by atoms with E-state index in [4.69, 9.17) is 18.9 Å². The lowest BCUT2D eigenvalue weighted by molar-refractivity contribution is -0.153. The highest BCUT2D eigenvalue weighted by atomic mass is 19.4. The first-order chi connectivity index (χ1) is 14.3. The Balaban J connectivity index is 1.95. The molecular formula is C22H22F3NO4. The highest BCUT2D eigenvalue weighted by molar-refractivity contribution is 5.86. The molecule has 160 valence electrons. The van der Waals surface area contributed by atoms with Crippen LogP contribution < -0.4 is 18.9 Å². The van der Waals surface area contributed by atoms with E-state index in [0.717, 1.165) is 27.6 Å². The molecule has 0 saturated heterocycles. The van der Waals surface area contributed by atoms with Gasteiger partial charge in [0, 0.05) is 17.8 Å². The first kappa shape index (κ1) is 21.5. The van der Waals surface area contributed by atoms with Gasteiger partial charge in [-0.3, -0.25) is 4.98 Å². The molecule has 0 amide bonds. The van der Waals surface area contributed by atoms with Crippen molar-refractivity contribution in [2.45, 2.75) is 19.5 Å². The Bertz CT molecular complexity index is 996. The fourth-order valence-corrected chi connectivity index (χ4v) is 3.17. The van der Waals surface area contributed by atoms with Crippen molar-refractivity contribution >= 4 is 10.8 Å². The summed E-state index contributed by atoms with van der Waals surface area (Å²) in [5.41, 5.74) is 1.73. The molecule has 0 aliphatic rings. The fraction of sp³-hybridized carbons (Fsp3) is 0.318. The summed E-state index contributed by atoms with van der Waals surface area (Å²) in [5.74, 6) is 1.01. The molecule has 3 aromatic rings. The van der Waals surface area contributed by atoms with Gasteiger partial charge in [-0.2, -0.15) is 13.2 Å². The number of halogens is 3. The highest BCUT2D eigenvalue weighted by Crippen LogP contribution is 2.40. The molecule has 8 heteroatoms. The molecule has 2 aromatic carbocycles. The molecule has 0 atom stereocenters. The molecule has 0 N–H and O–H groups in total. The number of alkyl halides is 3. The lowest BCUT2D eigenvalue weighted by Gasteiger charge is -2.17. The van der Waals surface area contributed by atoms with E-state index >= 15 is 0 Å². The van der Waals surface area contributed by atoms with Gasteiger partial charge in [0.1, 0.15) is 5.75 Å². The second-order valence-electron chi connectivity index (χ2n) is 6.52. The van der Waals surface area contributed by atoms with E-state index < -0.39 is 12.8 Å². The Labute approximate surface area is 172 Å². The van der Waals surface area contributed by atoms with Crippen LogP contribution in [0, 0.1) is 0 Å². The minimum Gasteiger partial charge on any atom is -0.494 e. The molecular weight excluding hydrogens is 399 g/mol. The zero-order valence-corrected chi connectivity index (χ0v) is 16.9. The summed E-state index contributed by atoms with van der Waals surface area (Å²) in [7, 11) is 2.74. The number of ether oxygens (including phenoxy) is 4. The van der Waals surface area contributed by atoms with E-state index in [2.05, 4.69) is 4.98 Å². The molecule has 3 rings (SSSR count). The molecule has 0 aliphatic heterocycles. The number of nitrogens with zero attached hydrogens (tertiary/aromatic N) is 1. The van der Waals surface area contributed by atoms with Crippen LogP contribution >= 0.6 is 0 Å². The maximum atomic E-state index is 12.6. The topological polar surface area (TPSA) is 49.8 Å². The number of fused-ring (bicyclic) bond motifs is 1. The first-order valence-corrected chi connectivity index (χ1v) is 9.28. The molecule has 1 aromatic heterocycles. The molecule has 1 heterocycles. The smallest absolute Gasteiger partial charge is 0.422 e. The third-order valence-electron chi connectivity index (χ3n) is 4.42. The maximum absolute atomic E-state index is 12.6. The molecule has 30 heavy (non-hydrogen) atoms. The summed E-state index contributed by atoms with van der Waals surface area (Å²) in [6.45, 7) is 1.05. The summed E-state index contributed by atoms with van der Waals surface area (Å²) in [6.07, 6.45) is -0.472. The van der Waals surface area contributed by atoms with Crippen LogP contribution in [0.3, 0.4) is 0 Å². The van der Waals surface area contributed by atoms with Crippen LogP contribution in [-0.2, 0) is 6.42 Å². The number of rotatable bonds is 8. The van der Waals surface area contributed by atoms with Gasteiger partial charge in [-0.05, 0) is 54.1 Å². The van der Waals surface area contributed by atoms with Gasteiger partial charge in [0.2, 0.25) is 5.75 Å². The van der Waals surface area contributed by atoms with Gasteiger partial charge in [0.15, 0.2) is 18.1 Å². The largest absolute Gasteiger partial charge is 0.494 e. The van der Waals surface area contributed by atoms with Crippen LogP contribution in [0.25, 0.3) is 10.8 Å². The van der Waals surface area contributed by atoms with Crippen molar-refractivity contribution < 1.29 is 32.1 Å². The van der Waals surface area contributed by atoms with Crippen LogP contribution in [0.1, 0.15) is 18.1 Å². The monoisotopic (exact) mass is 421 g/mol. The van der Waals surface area contributed by atoms with Gasteiger partial charge in [-0.25, -0.2) is 0 Å². The Kier molecular flexibility index (Phi) is 6.54. The molecule has 5 nitrogen and oxygen atoms in total. The fourth-order valence-electron chi connectivity index (χ4n) is 3.17. The van der Waals surface area contributed by atoms with Gasteiger partial charge >= 0.3 is 6.18 Å². The number of pyridine rings is 1. The third kappa shape index (κ3) is 5.06. The summed E-state index contributed by atoms with van der Waals surface area (Å²) in [4.78, 5) is 4.30. The third-order valence-corrected chi connectivity index (χ3v) is 4.42. The van der Waals surface area contributed by atoms with Crippen molar-refractivity contribution in [2.24, 2.45) is 0 Å². The normalized spacial score (nSPS) is 11.4. The SMILES string of the molecule is CCOc1ccc2c(Cc3cc(OC)c(OCC(F)(F)F)c(OC)c3)cncc2c1. The molecule has 0 radical (unpaired) electrons. The van der Waals surface area contributed by atoms with Gasteiger partial charge in [-0.15, -0.1) is 0 Å². The van der Waals surface area contributed by atoms with Crippen molar-refractivity contribution in [3.05, 3.63) is 53.9 Å². The summed E-state index contributed by atoms with van der Waals surface area (Å²) in [6, 6.07) is 9.06. The van der Waals surface area contributed by atoms with Crippen molar-refractivity contribution in [1.29, 1.82) is 0 Å². The lowest BCUT2D eigenvalue weighted by Crippen LogP contribution is -2.19. The zero-order valence-electron chi connectivity index (χ0n) is 16.9. The molecule has 0 saturated carbocycles. The van der Waals surface area contributed by atoms with E-state index in [0.29, 0.717) is 13.0 Å². The second-order valence-corrected chi connectivity index (χ2v) is 6.52. The summed E-state index contributed by atoms with van der Waals surface area (Å²) < 4.78 is 58.7. The van der Waals surface area contributed by atoms with E-state index in [1.54, 1.807) is 24.5 Å². The average molecular weight is 421 g/mol. The van der Waals surface area contributed by atoms with E-state index in [1.807, 2.05) is 25.1 Å². The maximum Gasteiger partial charge on any atom is 0.422 e. The van der Waals surface area contributed by atoms with Crippen LogP contribution in [0.5, 0.6) is 23.0 Å². The molecule has 0 spiro atoms. The Morgan fingerprint density at radius 2 is 1.63 bits per heavy atom. The standard InChI is InChI=1S/C22H22F3NO4/c1-4-29-17-5-6-18-15(11-26-12-16(18)10-17)7-14-8-19(27-2)21(20(9-14)28-3)30-13-22(23,24)25/h5-6,8-12H,4,7,13H2,1-3H3. The number of hydrogen-bond donors (Lipinski definition) is 0.